The van der Waals surface area contributed by atoms with Gasteiger partial charge in [0, 0.05) is 23.1 Å². The van der Waals surface area contributed by atoms with Gasteiger partial charge in [0.25, 0.3) is 5.91 Å². The fourth-order valence-corrected chi connectivity index (χ4v) is 5.79. The van der Waals surface area contributed by atoms with Gasteiger partial charge in [-0.25, -0.2) is 4.39 Å². The van der Waals surface area contributed by atoms with Crippen LogP contribution in [0, 0.1) is 11.3 Å². The number of alkyl halides is 1. The summed E-state index contributed by atoms with van der Waals surface area (Å²) >= 11 is 3.36. The topological polar surface area (TPSA) is 157 Å². The Hall–Kier alpha value is -3.02. The van der Waals surface area contributed by atoms with Gasteiger partial charge in [0.05, 0.1) is 6.04 Å². The van der Waals surface area contributed by atoms with Crippen LogP contribution >= 0.6 is 15.9 Å². The van der Waals surface area contributed by atoms with E-state index in [1.54, 1.807) is 24.3 Å². The first kappa shape index (κ1) is 31.5. The Morgan fingerprint density at radius 3 is 2.38 bits per heavy atom. The molecule has 2 fully saturated rings. The number of rotatable bonds is 13. The van der Waals surface area contributed by atoms with Crippen LogP contribution in [-0.4, -0.2) is 72.3 Å². The van der Waals surface area contributed by atoms with Gasteiger partial charge in [-0.1, -0.05) is 48.0 Å². The molecule has 1 saturated carbocycles. The summed E-state index contributed by atoms with van der Waals surface area (Å²) in [6, 6.07) is 4.25. The van der Waals surface area contributed by atoms with Gasteiger partial charge in [-0.05, 0) is 62.3 Å². The number of nitrogens with zero attached hydrogens (tertiary/aromatic N) is 1. The number of nitrogens with two attached hydrogens (primary N) is 1. The minimum atomic E-state index is -1.22. The number of likely N-dealkylation sites (tertiary alicyclic amines) is 1. The van der Waals surface area contributed by atoms with Crippen LogP contribution in [0.3, 0.4) is 0 Å². The number of carbonyl (C=O) groups excluding carboxylic acids is 4. The van der Waals surface area contributed by atoms with Gasteiger partial charge >= 0.3 is 0 Å². The van der Waals surface area contributed by atoms with E-state index >= 15 is 0 Å². The van der Waals surface area contributed by atoms with E-state index in [4.69, 9.17) is 11.1 Å². The van der Waals surface area contributed by atoms with Crippen LogP contribution in [0.1, 0.15) is 74.6 Å². The molecule has 220 valence electrons. The number of amides is 3. The Labute approximate surface area is 243 Å². The SMILES string of the molecule is N=C(N)NCCCC(NC(=O)C1CCCN1C(=O)C(CC1CCCCC1)NC(=O)c1ccc(Br)cc1)C(=O)CF. The lowest BCUT2D eigenvalue weighted by Crippen LogP contribution is -2.55. The maximum atomic E-state index is 13.9. The summed E-state index contributed by atoms with van der Waals surface area (Å²) in [6.45, 7) is -0.559. The van der Waals surface area contributed by atoms with E-state index < -0.39 is 36.5 Å². The number of carbonyl (C=O) groups is 4. The van der Waals surface area contributed by atoms with E-state index in [-0.39, 0.29) is 24.2 Å². The summed E-state index contributed by atoms with van der Waals surface area (Å²) in [7, 11) is 0. The van der Waals surface area contributed by atoms with E-state index in [9.17, 15) is 23.6 Å². The Morgan fingerprint density at radius 2 is 1.73 bits per heavy atom. The molecule has 1 aromatic rings. The quantitative estimate of drug-likeness (QED) is 0.129. The van der Waals surface area contributed by atoms with Crippen LogP contribution in [0.5, 0.6) is 0 Å². The standard InChI is InChI=1S/C28H40BrFN6O4/c29-20-12-10-19(11-13-20)25(38)35-22(16-18-6-2-1-3-7-18)27(40)36-15-5-9-23(36)26(39)34-21(24(37)17-30)8-4-14-33-28(31)32/h10-13,18,21-23H,1-9,14-17H2,(H,34,39)(H,35,38)(H4,31,32,33). The number of benzene rings is 1. The van der Waals surface area contributed by atoms with Crippen molar-refractivity contribution in [3.63, 3.8) is 0 Å². The van der Waals surface area contributed by atoms with Crippen LogP contribution in [0.4, 0.5) is 4.39 Å². The maximum absolute atomic E-state index is 13.9. The van der Waals surface area contributed by atoms with Crippen molar-refractivity contribution in [2.45, 2.75) is 82.3 Å². The predicted octanol–water partition coefficient (Wildman–Crippen LogP) is 2.80. The molecular weight excluding hydrogens is 583 g/mol. The van der Waals surface area contributed by atoms with Gasteiger partial charge in [-0.2, -0.15) is 0 Å². The highest BCUT2D eigenvalue weighted by molar-refractivity contribution is 9.10. The third-order valence-corrected chi connectivity index (χ3v) is 8.19. The van der Waals surface area contributed by atoms with Crippen LogP contribution < -0.4 is 21.7 Å². The first-order valence-electron chi connectivity index (χ1n) is 14.0. The molecule has 40 heavy (non-hydrogen) atoms. The summed E-state index contributed by atoms with van der Waals surface area (Å²) in [5.41, 5.74) is 5.70. The van der Waals surface area contributed by atoms with Gasteiger partial charge in [0.15, 0.2) is 11.7 Å². The lowest BCUT2D eigenvalue weighted by atomic mass is 9.84. The van der Waals surface area contributed by atoms with Crippen molar-refractivity contribution < 1.29 is 23.6 Å². The number of hydrogen-bond acceptors (Lipinski definition) is 5. The summed E-state index contributed by atoms with van der Waals surface area (Å²) in [5, 5.41) is 15.4. The summed E-state index contributed by atoms with van der Waals surface area (Å²) in [4.78, 5) is 53.9. The van der Waals surface area contributed by atoms with Crippen molar-refractivity contribution >= 4 is 45.4 Å². The minimum Gasteiger partial charge on any atom is -0.370 e. The number of ketones is 1. The lowest BCUT2D eigenvalue weighted by Gasteiger charge is -2.32. The van der Waals surface area contributed by atoms with Crippen LogP contribution in [0.15, 0.2) is 28.7 Å². The molecule has 0 bridgehead atoms. The Kier molecular flexibility index (Phi) is 12.4. The molecule has 1 aromatic carbocycles. The molecule has 0 spiro atoms. The molecular formula is C28H40BrFN6O4. The van der Waals surface area contributed by atoms with E-state index in [1.165, 1.54) is 4.90 Å². The summed E-state index contributed by atoms with van der Waals surface area (Å²) in [5.74, 6) is -1.83. The number of hydrogen-bond donors (Lipinski definition) is 5. The third kappa shape index (κ3) is 9.28. The number of Topliss-reactive ketones (excluding diaryl/α,β-unsaturated/α-hetero) is 1. The molecule has 3 unspecified atom stereocenters. The molecule has 12 heteroatoms. The smallest absolute Gasteiger partial charge is 0.251 e. The third-order valence-electron chi connectivity index (χ3n) is 7.66. The van der Waals surface area contributed by atoms with Crippen molar-refractivity contribution in [1.29, 1.82) is 5.41 Å². The van der Waals surface area contributed by atoms with Crippen LogP contribution in [0.2, 0.25) is 0 Å². The molecule has 3 rings (SSSR count). The molecule has 2 aliphatic rings. The van der Waals surface area contributed by atoms with Crippen molar-refractivity contribution in [2.75, 3.05) is 19.8 Å². The second-order valence-electron chi connectivity index (χ2n) is 10.6. The Balaban J connectivity index is 1.71. The van der Waals surface area contributed by atoms with Crippen LogP contribution in [-0.2, 0) is 14.4 Å². The molecule has 0 radical (unpaired) electrons. The van der Waals surface area contributed by atoms with Gasteiger partial charge < -0.3 is 26.6 Å². The maximum Gasteiger partial charge on any atom is 0.251 e. The van der Waals surface area contributed by atoms with E-state index in [0.29, 0.717) is 50.3 Å². The minimum absolute atomic E-state index is 0.170. The molecule has 6 N–H and O–H groups in total. The zero-order chi connectivity index (χ0) is 29.1. The summed E-state index contributed by atoms with van der Waals surface area (Å²) < 4.78 is 14.1. The molecule has 10 nitrogen and oxygen atoms in total. The Bertz CT molecular complexity index is 1050. The number of guanidine groups is 1. The zero-order valence-electron chi connectivity index (χ0n) is 22.7. The Morgan fingerprint density at radius 1 is 1.02 bits per heavy atom. The van der Waals surface area contributed by atoms with E-state index in [2.05, 4.69) is 31.9 Å². The van der Waals surface area contributed by atoms with Gasteiger partial charge in [0.2, 0.25) is 11.8 Å². The number of halogens is 2. The zero-order valence-corrected chi connectivity index (χ0v) is 24.3. The highest BCUT2D eigenvalue weighted by Crippen LogP contribution is 2.29. The second kappa shape index (κ2) is 15.7. The molecule has 3 atom stereocenters. The van der Waals surface area contributed by atoms with Crippen LogP contribution in [0.25, 0.3) is 0 Å². The molecule has 0 aromatic heterocycles. The molecule has 1 heterocycles. The van der Waals surface area contributed by atoms with Crippen molar-refractivity contribution in [3.05, 3.63) is 34.3 Å². The molecule has 3 amide bonds. The normalized spacial score (nSPS) is 18.9. The first-order valence-corrected chi connectivity index (χ1v) is 14.8. The average molecular weight is 624 g/mol. The molecule has 1 saturated heterocycles. The summed E-state index contributed by atoms with van der Waals surface area (Å²) in [6.07, 6.45) is 7.40. The fraction of sp³-hybridized carbons (Fsp3) is 0.607. The highest BCUT2D eigenvalue weighted by Gasteiger charge is 2.39. The van der Waals surface area contributed by atoms with E-state index in [1.807, 2.05) is 0 Å². The van der Waals surface area contributed by atoms with Gasteiger partial charge in [0.1, 0.15) is 18.8 Å². The van der Waals surface area contributed by atoms with Crippen molar-refractivity contribution in [3.8, 4) is 0 Å². The first-order chi connectivity index (χ1) is 19.2. The van der Waals surface area contributed by atoms with E-state index in [0.717, 1.165) is 36.6 Å². The fourth-order valence-electron chi connectivity index (χ4n) is 5.53. The van der Waals surface area contributed by atoms with Crippen molar-refractivity contribution in [1.82, 2.24) is 20.9 Å². The largest absolute Gasteiger partial charge is 0.370 e. The van der Waals surface area contributed by atoms with Gasteiger partial charge in [-0.3, -0.25) is 24.6 Å². The monoisotopic (exact) mass is 622 g/mol. The second-order valence-corrected chi connectivity index (χ2v) is 11.5. The predicted molar refractivity (Wildman–Crippen MR) is 153 cm³/mol. The average Bonchev–Trinajstić information content (AvgIpc) is 3.44. The van der Waals surface area contributed by atoms with Gasteiger partial charge in [-0.15, -0.1) is 0 Å². The molecule has 1 aliphatic carbocycles. The molecule has 1 aliphatic heterocycles. The van der Waals surface area contributed by atoms with Crippen molar-refractivity contribution in [2.24, 2.45) is 11.7 Å². The number of nitrogens with one attached hydrogen (secondary N) is 4. The lowest BCUT2D eigenvalue weighted by molar-refractivity contribution is -0.141. The highest BCUT2D eigenvalue weighted by atomic mass is 79.9.